The molecule has 0 atom stereocenters. The Kier molecular flexibility index (Phi) is 13.6. The van der Waals surface area contributed by atoms with Crippen molar-refractivity contribution in [1.82, 2.24) is 0 Å². The molecule has 0 aliphatic heterocycles. The zero-order valence-corrected chi connectivity index (χ0v) is 6.28. The molecule has 7 heavy (non-hydrogen) atoms. The van der Waals surface area contributed by atoms with Crippen LogP contribution in [0.4, 0.5) is 0 Å². The van der Waals surface area contributed by atoms with Crippen LogP contribution >= 0.6 is 0 Å². The van der Waals surface area contributed by atoms with Crippen LogP contribution in [0.1, 0.15) is 20.3 Å². The summed E-state index contributed by atoms with van der Waals surface area (Å²) >= 11 is 0. The van der Waals surface area contributed by atoms with Gasteiger partial charge in [0.25, 0.3) is 0 Å². The predicted molar refractivity (Wildman–Crippen MR) is 39.3 cm³/mol. The van der Waals surface area contributed by atoms with E-state index in [1.807, 2.05) is 0 Å². The zero-order chi connectivity index (χ0) is 6.28. The van der Waals surface area contributed by atoms with Crippen molar-refractivity contribution in [2.75, 3.05) is 0 Å². The molecule has 0 bridgehead atoms. The second-order valence-electron chi connectivity index (χ2n) is 2.44. The number of hydrogen-bond acceptors (Lipinski definition) is 0. The third kappa shape index (κ3) is 23800. The minimum atomic E-state index is 0.833. The van der Waals surface area contributed by atoms with Gasteiger partial charge in [-0.15, -0.1) is 0 Å². The summed E-state index contributed by atoms with van der Waals surface area (Å²) in [7, 11) is 0. The summed E-state index contributed by atoms with van der Waals surface area (Å²) in [6.45, 7) is 11.6. The molecule has 0 saturated carbocycles. The maximum atomic E-state index is 2.17. The van der Waals surface area contributed by atoms with Crippen molar-refractivity contribution in [2.24, 2.45) is 0 Å². The van der Waals surface area contributed by atoms with Crippen LogP contribution in [-0.4, -0.2) is 6.71 Å². The standard InChI is InChI=1S/C3H9B.C3H8/c1-4(2)3;1-3-2/h1-3H3;3H2,1-2H3. The molecule has 0 fully saturated rings. The van der Waals surface area contributed by atoms with Crippen LogP contribution in [0.25, 0.3) is 0 Å². The van der Waals surface area contributed by atoms with Crippen molar-refractivity contribution in [2.45, 2.75) is 40.7 Å². The van der Waals surface area contributed by atoms with Crippen LogP contribution in [0, 0.1) is 0 Å². The number of hydrogen-bond donors (Lipinski definition) is 0. The van der Waals surface area contributed by atoms with E-state index in [0.717, 1.165) is 6.71 Å². The summed E-state index contributed by atoms with van der Waals surface area (Å²) in [5.74, 6) is 0. The Morgan fingerprint density at radius 1 is 1.00 bits per heavy atom. The van der Waals surface area contributed by atoms with Crippen LogP contribution in [0.15, 0.2) is 0 Å². The normalized spacial score (nSPS) is 6.43. The van der Waals surface area contributed by atoms with Crippen LogP contribution in [-0.2, 0) is 0 Å². The minimum Gasteiger partial charge on any atom is -0.0865 e. The second-order valence-corrected chi connectivity index (χ2v) is 2.44. The van der Waals surface area contributed by atoms with Crippen LogP contribution in [0.3, 0.4) is 0 Å². The zero-order valence-electron chi connectivity index (χ0n) is 6.28. The van der Waals surface area contributed by atoms with Gasteiger partial charge in [0, 0.05) is 0 Å². The molecule has 44 valence electrons. The van der Waals surface area contributed by atoms with Crippen molar-refractivity contribution in [1.29, 1.82) is 0 Å². The Labute approximate surface area is 48.4 Å². The first-order chi connectivity index (χ1) is 3.15. The van der Waals surface area contributed by atoms with E-state index in [2.05, 4.69) is 34.3 Å². The Balaban J connectivity index is 0. The van der Waals surface area contributed by atoms with E-state index in [1.54, 1.807) is 0 Å². The maximum absolute atomic E-state index is 2.17. The Morgan fingerprint density at radius 3 is 1.00 bits per heavy atom. The summed E-state index contributed by atoms with van der Waals surface area (Å²) in [6, 6.07) is 0. The Morgan fingerprint density at radius 2 is 1.00 bits per heavy atom. The molecule has 0 amide bonds. The average Bonchev–Trinajstić information content (AvgIpc) is 1.33. The lowest BCUT2D eigenvalue weighted by Crippen LogP contribution is -1.84. The van der Waals surface area contributed by atoms with E-state index in [-0.39, 0.29) is 0 Å². The van der Waals surface area contributed by atoms with Gasteiger partial charge in [-0.3, -0.25) is 0 Å². The first-order valence-electron chi connectivity index (χ1n) is 3.15. The van der Waals surface area contributed by atoms with Crippen molar-refractivity contribution in [3.63, 3.8) is 0 Å². The SMILES string of the molecule is CB(C)C.CCC. The van der Waals surface area contributed by atoms with Gasteiger partial charge in [0.1, 0.15) is 6.71 Å². The van der Waals surface area contributed by atoms with E-state index in [9.17, 15) is 0 Å². The Hall–Kier alpha value is 0.0649. The lowest BCUT2D eigenvalue weighted by atomic mass is 9.58. The lowest BCUT2D eigenvalue weighted by molar-refractivity contribution is 1.09. The molecule has 0 N–H and O–H groups in total. The van der Waals surface area contributed by atoms with Gasteiger partial charge in [-0.05, 0) is 0 Å². The van der Waals surface area contributed by atoms with E-state index in [1.165, 1.54) is 6.42 Å². The van der Waals surface area contributed by atoms with Gasteiger partial charge in [-0.2, -0.15) is 0 Å². The molecule has 0 aromatic rings. The first-order valence-corrected chi connectivity index (χ1v) is 3.15. The molecule has 0 aromatic carbocycles. The monoisotopic (exact) mass is 100 g/mol. The van der Waals surface area contributed by atoms with Gasteiger partial charge in [0.2, 0.25) is 0 Å². The quantitative estimate of drug-likeness (QED) is 0.410. The summed E-state index contributed by atoms with van der Waals surface area (Å²) in [5, 5.41) is 0. The van der Waals surface area contributed by atoms with E-state index in [0.29, 0.717) is 0 Å². The fraction of sp³-hybridized carbons (Fsp3) is 1.00. The molecule has 0 rings (SSSR count). The minimum absolute atomic E-state index is 0.833. The number of rotatable bonds is 0. The molecule has 0 nitrogen and oxygen atoms in total. The molecule has 0 unspecified atom stereocenters. The highest BCUT2D eigenvalue weighted by atomic mass is 13.4. The van der Waals surface area contributed by atoms with E-state index < -0.39 is 0 Å². The van der Waals surface area contributed by atoms with Crippen molar-refractivity contribution in [3.8, 4) is 0 Å². The fourth-order valence-corrected chi connectivity index (χ4v) is 0. The summed E-state index contributed by atoms with van der Waals surface area (Å²) in [6.07, 6.45) is 1.25. The molecule has 0 aliphatic carbocycles. The largest absolute Gasteiger partial charge is 0.130 e. The maximum Gasteiger partial charge on any atom is 0.130 e. The second kappa shape index (κ2) is 9.42. The smallest absolute Gasteiger partial charge is 0.0865 e. The van der Waals surface area contributed by atoms with Gasteiger partial charge < -0.3 is 0 Å². The van der Waals surface area contributed by atoms with Crippen LogP contribution in [0.2, 0.25) is 20.5 Å². The van der Waals surface area contributed by atoms with Crippen molar-refractivity contribution in [3.05, 3.63) is 0 Å². The van der Waals surface area contributed by atoms with Gasteiger partial charge in [0.15, 0.2) is 0 Å². The van der Waals surface area contributed by atoms with E-state index >= 15 is 0 Å². The Bertz CT molecular complexity index is 15.4. The van der Waals surface area contributed by atoms with Crippen LogP contribution < -0.4 is 0 Å². The average molecular weight is 100 g/mol. The highest BCUT2D eigenvalue weighted by molar-refractivity contribution is 6.54. The molecule has 0 spiro atoms. The molecule has 0 saturated heterocycles. The first kappa shape index (κ1) is 10.1. The highest BCUT2D eigenvalue weighted by Gasteiger charge is 1.76. The molecular formula is C6H17B. The topological polar surface area (TPSA) is 0 Å². The van der Waals surface area contributed by atoms with Gasteiger partial charge in [-0.1, -0.05) is 40.7 Å². The van der Waals surface area contributed by atoms with Gasteiger partial charge in [0.05, 0.1) is 0 Å². The lowest BCUT2D eigenvalue weighted by Gasteiger charge is -1.71. The summed E-state index contributed by atoms with van der Waals surface area (Å²) in [5.41, 5.74) is 0. The summed E-state index contributed by atoms with van der Waals surface area (Å²) < 4.78 is 0. The fourth-order valence-electron chi connectivity index (χ4n) is 0. The van der Waals surface area contributed by atoms with Crippen molar-refractivity contribution < 1.29 is 0 Å². The van der Waals surface area contributed by atoms with Crippen LogP contribution in [0.5, 0.6) is 0 Å². The molecule has 0 aromatic heterocycles. The highest BCUT2D eigenvalue weighted by Crippen LogP contribution is 1.68. The molecule has 0 heterocycles. The predicted octanol–water partition coefficient (Wildman–Crippen LogP) is 2.79. The van der Waals surface area contributed by atoms with Crippen molar-refractivity contribution >= 4 is 6.71 Å². The van der Waals surface area contributed by atoms with Gasteiger partial charge in [-0.25, -0.2) is 0 Å². The third-order valence-corrected chi connectivity index (χ3v) is 0. The molecule has 1 heteroatoms. The van der Waals surface area contributed by atoms with Gasteiger partial charge >= 0.3 is 0 Å². The van der Waals surface area contributed by atoms with E-state index in [4.69, 9.17) is 0 Å². The molecular weight excluding hydrogens is 82.9 g/mol. The molecule has 0 aliphatic rings. The molecule has 0 radical (unpaired) electrons. The third-order valence-electron chi connectivity index (χ3n) is 0. The summed E-state index contributed by atoms with van der Waals surface area (Å²) in [4.78, 5) is 0.